The predicted molar refractivity (Wildman–Crippen MR) is 193 cm³/mol. The SMILES string of the molecule is C[N+](C)(Cc1ccc(F)cc1)Cc1nnc(Cn2c(SCc3ccc(F)cc3)nc(=O)c3c2CCC3)n1-c1ccc(-c2ccc(C(F)(F)F)cc2)cc1.[Br-]. The van der Waals surface area contributed by atoms with Gasteiger partial charge in [-0.1, -0.05) is 60.3 Å². The first-order valence-electron chi connectivity index (χ1n) is 17.1. The molecule has 2 aromatic heterocycles. The van der Waals surface area contributed by atoms with Crippen molar-refractivity contribution in [1.82, 2.24) is 24.3 Å². The Kier molecular flexibility index (Phi) is 11.6. The van der Waals surface area contributed by atoms with E-state index in [0.717, 1.165) is 46.6 Å². The molecule has 280 valence electrons. The van der Waals surface area contributed by atoms with Crippen LogP contribution < -0.4 is 22.5 Å². The average Bonchev–Trinajstić information content (AvgIpc) is 3.78. The fourth-order valence-corrected chi connectivity index (χ4v) is 7.73. The van der Waals surface area contributed by atoms with Gasteiger partial charge in [-0.15, -0.1) is 10.2 Å². The van der Waals surface area contributed by atoms with Gasteiger partial charge in [-0.3, -0.25) is 9.36 Å². The molecule has 0 aliphatic heterocycles. The predicted octanol–water partition coefficient (Wildman–Crippen LogP) is 5.40. The Morgan fingerprint density at radius 3 is 1.93 bits per heavy atom. The first kappa shape index (κ1) is 39.0. The molecule has 0 bridgehead atoms. The zero-order chi connectivity index (χ0) is 37.3. The molecule has 7 rings (SSSR count). The smallest absolute Gasteiger partial charge is 0.416 e. The van der Waals surface area contributed by atoms with Crippen molar-refractivity contribution in [3.63, 3.8) is 0 Å². The molecular weight excluding hydrogens is 787 g/mol. The Labute approximate surface area is 323 Å². The van der Waals surface area contributed by atoms with E-state index in [9.17, 15) is 26.7 Å². The van der Waals surface area contributed by atoms with Gasteiger partial charge in [0.2, 0.25) is 0 Å². The van der Waals surface area contributed by atoms with Crippen molar-refractivity contribution in [1.29, 1.82) is 0 Å². The molecule has 0 radical (unpaired) electrons. The second-order valence-electron chi connectivity index (χ2n) is 13.8. The summed E-state index contributed by atoms with van der Waals surface area (Å²) in [6.45, 7) is 1.31. The monoisotopic (exact) mass is 822 g/mol. The number of fused-ring (bicyclic) bond motifs is 1. The lowest BCUT2D eigenvalue weighted by molar-refractivity contribution is -0.917. The van der Waals surface area contributed by atoms with Gasteiger partial charge in [0.15, 0.2) is 16.8 Å². The maximum Gasteiger partial charge on any atom is 0.416 e. The molecule has 0 atom stereocenters. The first-order chi connectivity index (χ1) is 25.3. The van der Waals surface area contributed by atoms with Crippen molar-refractivity contribution in [2.75, 3.05) is 14.1 Å². The lowest BCUT2D eigenvalue weighted by atomic mass is 10.0. The summed E-state index contributed by atoms with van der Waals surface area (Å²) in [5.74, 6) is 1.12. The quantitative estimate of drug-likeness (QED) is 0.0759. The first-order valence-corrected chi connectivity index (χ1v) is 18.1. The molecule has 14 heteroatoms. The van der Waals surface area contributed by atoms with Crippen LogP contribution in [0.2, 0.25) is 0 Å². The van der Waals surface area contributed by atoms with Crippen LogP contribution in [0.25, 0.3) is 16.8 Å². The van der Waals surface area contributed by atoms with Gasteiger partial charge >= 0.3 is 6.18 Å². The van der Waals surface area contributed by atoms with E-state index in [2.05, 4.69) is 24.2 Å². The number of quaternary nitrogens is 1. The Balaban J connectivity index is 0.00000497. The number of alkyl halides is 3. The summed E-state index contributed by atoms with van der Waals surface area (Å²) in [4.78, 5) is 17.6. The third kappa shape index (κ3) is 8.82. The number of nitrogens with zero attached hydrogens (tertiary/aromatic N) is 6. The van der Waals surface area contributed by atoms with Crippen LogP contribution in [-0.2, 0) is 44.4 Å². The van der Waals surface area contributed by atoms with Gasteiger partial charge in [0, 0.05) is 28.3 Å². The molecule has 0 saturated carbocycles. The van der Waals surface area contributed by atoms with Crippen LogP contribution in [0.3, 0.4) is 0 Å². The standard InChI is InChI=1S/C40H36F5N6OS.BrH/c1-51(2,23-26-6-16-31(41)17-7-26)24-37-48-47-36(50(37)33-20-12-29(13-21-33)28-10-14-30(15-11-28)40(43,44)45)22-49-35-5-3-4-34(35)38(52)46-39(49)53-25-27-8-18-32(42)19-9-27;/h6-21H,3-5,22-25H2,1-2H3;1H/q+1;/p-1. The van der Waals surface area contributed by atoms with Gasteiger partial charge in [-0.05, 0) is 84.5 Å². The minimum atomic E-state index is -4.42. The van der Waals surface area contributed by atoms with Crippen LogP contribution in [0.15, 0.2) is 107 Å². The van der Waals surface area contributed by atoms with E-state index in [1.54, 1.807) is 24.3 Å². The highest BCUT2D eigenvalue weighted by Gasteiger charge is 2.30. The summed E-state index contributed by atoms with van der Waals surface area (Å²) >= 11 is 1.40. The van der Waals surface area contributed by atoms with Crippen LogP contribution in [0.4, 0.5) is 22.0 Å². The Bertz CT molecular complexity index is 2290. The molecule has 2 heterocycles. The molecule has 0 saturated heterocycles. The van der Waals surface area contributed by atoms with Gasteiger partial charge in [-0.25, -0.2) is 8.78 Å². The van der Waals surface area contributed by atoms with Crippen molar-refractivity contribution in [3.8, 4) is 16.8 Å². The second kappa shape index (κ2) is 16.0. The summed E-state index contributed by atoms with van der Waals surface area (Å²) in [6, 6.07) is 25.2. The third-order valence-electron chi connectivity index (χ3n) is 9.34. The molecule has 0 unspecified atom stereocenters. The highest BCUT2D eigenvalue weighted by Crippen LogP contribution is 2.32. The second-order valence-corrected chi connectivity index (χ2v) is 14.8. The lowest BCUT2D eigenvalue weighted by Crippen LogP contribution is -3.00. The van der Waals surface area contributed by atoms with Crippen molar-refractivity contribution >= 4 is 11.8 Å². The zero-order valence-corrected chi connectivity index (χ0v) is 31.9. The topological polar surface area (TPSA) is 65.6 Å². The minimum Gasteiger partial charge on any atom is -1.00 e. The summed E-state index contributed by atoms with van der Waals surface area (Å²) in [7, 11) is 4.11. The Hall–Kier alpha value is -4.66. The third-order valence-corrected chi connectivity index (χ3v) is 10.4. The van der Waals surface area contributed by atoms with Crippen LogP contribution >= 0.6 is 11.8 Å². The molecule has 0 amide bonds. The molecule has 0 fully saturated rings. The Morgan fingerprint density at radius 1 is 0.741 bits per heavy atom. The summed E-state index contributed by atoms with van der Waals surface area (Å²) in [6.07, 6.45) is -2.24. The molecule has 0 spiro atoms. The van der Waals surface area contributed by atoms with E-state index in [1.807, 2.05) is 33.4 Å². The number of hydrogen-bond acceptors (Lipinski definition) is 5. The molecular formula is C40H36BrF5N6OS. The van der Waals surface area contributed by atoms with Gasteiger partial charge in [0.05, 0.1) is 26.2 Å². The van der Waals surface area contributed by atoms with Crippen LogP contribution in [0.5, 0.6) is 0 Å². The number of hydrogen-bond donors (Lipinski definition) is 0. The van der Waals surface area contributed by atoms with Crippen molar-refractivity contribution in [2.24, 2.45) is 0 Å². The lowest BCUT2D eigenvalue weighted by Gasteiger charge is -2.29. The number of halogens is 6. The molecule has 4 aromatic carbocycles. The average molecular weight is 824 g/mol. The molecule has 7 nitrogen and oxygen atoms in total. The minimum absolute atomic E-state index is 0. The number of rotatable bonds is 11. The fourth-order valence-electron chi connectivity index (χ4n) is 6.76. The van der Waals surface area contributed by atoms with Gasteiger partial charge in [0.1, 0.15) is 24.7 Å². The van der Waals surface area contributed by atoms with E-state index in [0.29, 0.717) is 64.1 Å². The summed E-state index contributed by atoms with van der Waals surface area (Å²) < 4.78 is 71.4. The van der Waals surface area contributed by atoms with E-state index < -0.39 is 11.7 Å². The largest absolute Gasteiger partial charge is 1.00 e. The van der Waals surface area contributed by atoms with E-state index >= 15 is 0 Å². The summed E-state index contributed by atoms with van der Waals surface area (Å²) in [5.41, 5.74) is 4.64. The maximum absolute atomic E-state index is 13.7. The van der Waals surface area contributed by atoms with Crippen LogP contribution in [0.1, 0.15) is 46.0 Å². The number of thioether (sulfide) groups is 1. The Morgan fingerprint density at radius 2 is 1.31 bits per heavy atom. The highest BCUT2D eigenvalue weighted by molar-refractivity contribution is 7.98. The number of benzene rings is 4. The van der Waals surface area contributed by atoms with E-state index in [1.165, 1.54) is 48.2 Å². The van der Waals surface area contributed by atoms with Gasteiger partial charge in [0.25, 0.3) is 5.56 Å². The normalized spacial score (nSPS) is 12.8. The van der Waals surface area contributed by atoms with E-state index in [4.69, 9.17) is 5.10 Å². The molecule has 6 aromatic rings. The van der Waals surface area contributed by atoms with Crippen LogP contribution in [-0.4, -0.2) is 42.9 Å². The van der Waals surface area contributed by atoms with Crippen molar-refractivity contribution in [2.45, 2.75) is 56.0 Å². The van der Waals surface area contributed by atoms with Gasteiger partial charge < -0.3 is 26.0 Å². The molecule has 1 aliphatic rings. The van der Waals surface area contributed by atoms with Crippen molar-refractivity contribution in [3.05, 3.63) is 159 Å². The number of aromatic nitrogens is 5. The summed E-state index contributed by atoms with van der Waals surface area (Å²) in [5, 5.41) is 9.90. The van der Waals surface area contributed by atoms with Gasteiger partial charge in [-0.2, -0.15) is 18.2 Å². The molecule has 54 heavy (non-hydrogen) atoms. The van der Waals surface area contributed by atoms with E-state index in [-0.39, 0.29) is 40.7 Å². The zero-order valence-electron chi connectivity index (χ0n) is 29.5. The molecule has 0 N–H and O–H groups in total. The highest BCUT2D eigenvalue weighted by atomic mass is 79.9. The van der Waals surface area contributed by atoms with Crippen molar-refractivity contribution < 1.29 is 43.4 Å². The fraction of sp³-hybridized carbons (Fsp3) is 0.250. The maximum atomic E-state index is 13.7. The molecule has 1 aliphatic carbocycles. The van der Waals surface area contributed by atoms with Crippen LogP contribution in [0, 0.1) is 11.6 Å².